The van der Waals surface area contributed by atoms with Crippen LogP contribution in [-0.2, 0) is 17.7 Å². The smallest absolute Gasteiger partial charge is 0.180 e. The monoisotopic (exact) mass is 427 g/mol. The molecule has 30 heavy (non-hydrogen) atoms. The molecule has 0 amide bonds. The molecule has 162 valence electrons. The Labute approximate surface area is 183 Å². The van der Waals surface area contributed by atoms with Gasteiger partial charge in [-0.15, -0.1) is 11.3 Å². The van der Waals surface area contributed by atoms with E-state index in [0.717, 1.165) is 58.4 Å². The minimum absolute atomic E-state index is 0.422. The summed E-state index contributed by atoms with van der Waals surface area (Å²) >= 11 is 1.60. The average molecular weight is 428 g/mol. The van der Waals surface area contributed by atoms with E-state index in [1.807, 2.05) is 12.4 Å². The Kier molecular flexibility index (Phi) is 6.32. The molecular weight excluding hydrogens is 394 g/mol. The number of anilines is 1. The first-order valence-electron chi connectivity index (χ1n) is 11.5. The highest BCUT2D eigenvalue weighted by molar-refractivity contribution is 7.15. The van der Waals surface area contributed by atoms with Crippen molar-refractivity contribution in [2.75, 3.05) is 31.9 Å². The number of piperidine rings is 2. The molecule has 1 unspecified atom stereocenters. The number of nitrogens with zero attached hydrogens (tertiary/aromatic N) is 4. The number of aryl methyl sites for hydroxylation is 1. The lowest BCUT2D eigenvalue weighted by atomic mass is 9.87. The van der Waals surface area contributed by atoms with E-state index >= 15 is 0 Å². The number of fused-ring (bicyclic) bond motifs is 1. The lowest BCUT2D eigenvalue weighted by molar-refractivity contribution is -0.0701. The quantitative estimate of drug-likeness (QED) is 0.786. The molecule has 3 aliphatic rings. The van der Waals surface area contributed by atoms with Gasteiger partial charge in [0.25, 0.3) is 0 Å². The molecule has 0 saturated carbocycles. The van der Waals surface area contributed by atoms with E-state index in [-0.39, 0.29) is 0 Å². The molecule has 5 rings (SSSR count). The van der Waals surface area contributed by atoms with Gasteiger partial charge in [0.05, 0.1) is 12.2 Å². The molecular formula is C23H33N5OS. The number of pyridine rings is 1. The Morgan fingerprint density at radius 1 is 1.03 bits per heavy atom. The summed E-state index contributed by atoms with van der Waals surface area (Å²) in [4.78, 5) is 15.0. The van der Waals surface area contributed by atoms with Crippen LogP contribution in [0.15, 0.2) is 24.7 Å². The van der Waals surface area contributed by atoms with Crippen molar-refractivity contribution < 1.29 is 4.74 Å². The predicted molar refractivity (Wildman–Crippen MR) is 120 cm³/mol. The fourth-order valence-electron chi connectivity index (χ4n) is 5.41. The van der Waals surface area contributed by atoms with Gasteiger partial charge in [0.1, 0.15) is 0 Å². The molecule has 2 aromatic rings. The molecule has 2 aliphatic heterocycles. The van der Waals surface area contributed by atoms with Gasteiger partial charge in [-0.25, -0.2) is 4.98 Å². The van der Waals surface area contributed by atoms with E-state index in [1.165, 1.54) is 35.3 Å². The summed E-state index contributed by atoms with van der Waals surface area (Å²) in [5.74, 6) is 0. The van der Waals surface area contributed by atoms with Crippen molar-refractivity contribution >= 4 is 16.5 Å². The summed E-state index contributed by atoms with van der Waals surface area (Å²) in [6.45, 7) is 5.49. The molecule has 2 N–H and O–H groups in total. The Morgan fingerprint density at radius 3 is 2.53 bits per heavy atom. The Bertz CT molecular complexity index is 827. The Hall–Kier alpha value is -1.54. The zero-order valence-electron chi connectivity index (χ0n) is 17.7. The minimum Gasteiger partial charge on any atom is -0.375 e. The molecule has 7 heteroatoms. The maximum Gasteiger partial charge on any atom is 0.180 e. The van der Waals surface area contributed by atoms with Gasteiger partial charge in [-0.1, -0.05) is 0 Å². The number of aromatic nitrogens is 2. The van der Waals surface area contributed by atoms with E-state index in [1.54, 1.807) is 11.3 Å². The molecule has 4 heterocycles. The van der Waals surface area contributed by atoms with Gasteiger partial charge in [-0.05, 0) is 62.1 Å². The lowest BCUT2D eigenvalue weighted by Gasteiger charge is -2.41. The highest BCUT2D eigenvalue weighted by atomic mass is 32.1. The maximum atomic E-state index is 6.55. The molecule has 6 nitrogen and oxygen atoms in total. The van der Waals surface area contributed by atoms with Crippen LogP contribution >= 0.6 is 11.3 Å². The number of hydrogen-bond acceptors (Lipinski definition) is 7. The van der Waals surface area contributed by atoms with Crippen LogP contribution in [0.2, 0.25) is 0 Å². The van der Waals surface area contributed by atoms with Crippen LogP contribution in [0.5, 0.6) is 0 Å². The van der Waals surface area contributed by atoms with Gasteiger partial charge in [-0.2, -0.15) is 0 Å². The van der Waals surface area contributed by atoms with Gasteiger partial charge < -0.3 is 10.5 Å². The van der Waals surface area contributed by atoms with Crippen molar-refractivity contribution in [1.29, 1.82) is 0 Å². The molecule has 2 fully saturated rings. The first kappa shape index (κ1) is 20.4. The number of thiazole rings is 1. The number of rotatable bonds is 5. The van der Waals surface area contributed by atoms with Crippen molar-refractivity contribution in [3.05, 3.63) is 40.7 Å². The Morgan fingerprint density at radius 2 is 1.80 bits per heavy atom. The summed E-state index contributed by atoms with van der Waals surface area (Å²) in [5.41, 5.74) is 8.73. The number of hydrogen-bond donors (Lipinski definition) is 1. The third-order valence-corrected chi connectivity index (χ3v) is 7.82. The fourth-order valence-corrected chi connectivity index (χ4v) is 6.13. The van der Waals surface area contributed by atoms with Crippen LogP contribution < -0.4 is 5.73 Å². The predicted octanol–water partition coefficient (Wildman–Crippen LogP) is 3.64. The third-order valence-electron chi connectivity index (χ3n) is 7.01. The van der Waals surface area contributed by atoms with Crippen molar-refractivity contribution in [2.24, 2.45) is 0 Å². The van der Waals surface area contributed by atoms with Gasteiger partial charge in [0, 0.05) is 62.2 Å². The summed E-state index contributed by atoms with van der Waals surface area (Å²) in [6.07, 6.45) is 15.2. The molecule has 0 bridgehead atoms. The summed E-state index contributed by atoms with van der Waals surface area (Å²) in [6, 6.07) is 2.83. The molecule has 0 radical (unpaired) electrons. The molecule has 1 aliphatic carbocycles. The molecule has 1 atom stereocenters. The van der Waals surface area contributed by atoms with Crippen molar-refractivity contribution in [2.45, 2.75) is 69.7 Å². The zero-order chi connectivity index (χ0) is 20.3. The normalized spacial score (nSPS) is 24.7. The topological polar surface area (TPSA) is 67.5 Å². The van der Waals surface area contributed by atoms with Crippen LogP contribution in [0.4, 0.5) is 5.13 Å². The number of likely N-dealkylation sites (tertiary alicyclic amines) is 2. The minimum atomic E-state index is 0.422. The molecule has 2 aromatic heterocycles. The largest absolute Gasteiger partial charge is 0.375 e. The number of ether oxygens (including phenoxy) is 1. The first-order chi connectivity index (χ1) is 14.7. The van der Waals surface area contributed by atoms with E-state index in [9.17, 15) is 0 Å². The first-order valence-corrected chi connectivity index (χ1v) is 12.3. The van der Waals surface area contributed by atoms with E-state index in [2.05, 4.69) is 32.0 Å². The number of nitrogens with two attached hydrogens (primary N) is 1. The number of nitrogen functional groups attached to an aromatic ring is 1. The second kappa shape index (κ2) is 9.30. The van der Waals surface area contributed by atoms with E-state index < -0.39 is 0 Å². The van der Waals surface area contributed by atoms with Crippen molar-refractivity contribution in [3.63, 3.8) is 0 Å². The van der Waals surface area contributed by atoms with Gasteiger partial charge >= 0.3 is 0 Å². The van der Waals surface area contributed by atoms with Gasteiger partial charge in [-0.3, -0.25) is 14.8 Å². The fraction of sp³-hybridized carbons (Fsp3) is 0.652. The van der Waals surface area contributed by atoms with Crippen LogP contribution in [-0.4, -0.2) is 58.2 Å². The second-order valence-electron chi connectivity index (χ2n) is 8.99. The van der Waals surface area contributed by atoms with Crippen molar-refractivity contribution in [3.8, 4) is 0 Å². The second-order valence-corrected chi connectivity index (χ2v) is 10.1. The maximum absolute atomic E-state index is 6.55. The molecule has 0 spiro atoms. The molecule has 2 saturated heterocycles. The van der Waals surface area contributed by atoms with E-state index in [4.69, 9.17) is 10.5 Å². The summed E-state index contributed by atoms with van der Waals surface area (Å²) in [7, 11) is 0. The summed E-state index contributed by atoms with van der Waals surface area (Å²) in [5, 5.41) is 0.669. The highest BCUT2D eigenvalue weighted by Gasteiger charge is 2.31. The van der Waals surface area contributed by atoms with Crippen LogP contribution in [0.1, 0.15) is 60.6 Å². The SMILES string of the molecule is Nc1ncc(CN2CCC(OC3CCN(C4CCCc5cnccc54)CC3)CC2)s1. The van der Waals surface area contributed by atoms with Crippen LogP contribution in [0, 0.1) is 0 Å². The van der Waals surface area contributed by atoms with Crippen LogP contribution in [0.3, 0.4) is 0 Å². The highest BCUT2D eigenvalue weighted by Crippen LogP contribution is 2.36. The third kappa shape index (κ3) is 4.69. The zero-order valence-corrected chi connectivity index (χ0v) is 18.5. The standard InChI is InChI=1S/C23H33N5OS/c24-23-26-15-20(30-23)16-27-10-5-18(6-11-27)29-19-7-12-28(13-8-19)22-3-1-2-17-14-25-9-4-21(17)22/h4,9,14-15,18-19,22H,1-3,5-8,10-13,16H2,(H2,24,26). The van der Waals surface area contributed by atoms with Gasteiger partial charge in [0.15, 0.2) is 5.13 Å². The molecule has 0 aromatic carbocycles. The van der Waals surface area contributed by atoms with Crippen LogP contribution in [0.25, 0.3) is 0 Å². The summed E-state index contributed by atoms with van der Waals surface area (Å²) < 4.78 is 6.55. The van der Waals surface area contributed by atoms with Gasteiger partial charge in [0.2, 0.25) is 0 Å². The lowest BCUT2D eigenvalue weighted by Crippen LogP contribution is -2.43. The average Bonchev–Trinajstić information content (AvgIpc) is 3.20. The van der Waals surface area contributed by atoms with E-state index in [0.29, 0.717) is 23.4 Å². The van der Waals surface area contributed by atoms with Crippen molar-refractivity contribution in [1.82, 2.24) is 19.8 Å². The Balaban J connectivity index is 1.07.